The molecule has 0 amide bonds. The molecule has 0 aliphatic heterocycles. The molecule has 86 valence electrons. The molecule has 2 rings (SSSR count). The van der Waals surface area contributed by atoms with Crippen LogP contribution in [0.2, 0.25) is 0 Å². The number of nitrogens with zero attached hydrogens (tertiary/aromatic N) is 1. The second kappa shape index (κ2) is 3.92. The SMILES string of the molecule is CS(=O)(=O)n1cc(CCN)c2ccccc21. The highest BCUT2D eigenvalue weighted by Gasteiger charge is 2.13. The zero-order chi connectivity index (χ0) is 11.8. The normalized spacial score (nSPS) is 12.1. The standard InChI is InChI=1S/C11H14N2O2S/c1-16(14,15)13-8-9(6-7-12)10-4-2-3-5-11(10)13/h2-5,8H,6-7,12H2,1H3. The third-order valence-electron chi connectivity index (χ3n) is 2.53. The predicted molar refractivity (Wildman–Crippen MR) is 64.9 cm³/mol. The van der Waals surface area contributed by atoms with E-state index in [9.17, 15) is 8.42 Å². The van der Waals surface area contributed by atoms with E-state index in [1.54, 1.807) is 12.3 Å². The van der Waals surface area contributed by atoms with Gasteiger partial charge in [-0.3, -0.25) is 0 Å². The lowest BCUT2D eigenvalue weighted by Gasteiger charge is -2.00. The van der Waals surface area contributed by atoms with Crippen LogP contribution in [0.3, 0.4) is 0 Å². The van der Waals surface area contributed by atoms with E-state index in [1.165, 1.54) is 10.2 Å². The molecule has 0 spiro atoms. The molecule has 0 saturated heterocycles. The zero-order valence-corrected chi connectivity index (χ0v) is 9.87. The lowest BCUT2D eigenvalue weighted by molar-refractivity contribution is 0.595. The fourth-order valence-corrected chi connectivity index (χ4v) is 2.68. The maximum atomic E-state index is 11.6. The maximum absolute atomic E-state index is 11.6. The van der Waals surface area contributed by atoms with Crippen molar-refractivity contribution < 1.29 is 8.42 Å². The second-order valence-corrected chi connectivity index (χ2v) is 5.63. The summed E-state index contributed by atoms with van der Waals surface area (Å²) in [4.78, 5) is 0. The van der Waals surface area contributed by atoms with Crippen LogP contribution in [0, 0.1) is 0 Å². The predicted octanol–water partition coefficient (Wildman–Crippen LogP) is 0.950. The smallest absolute Gasteiger partial charge is 0.236 e. The van der Waals surface area contributed by atoms with Crippen LogP contribution in [0.4, 0.5) is 0 Å². The zero-order valence-electron chi connectivity index (χ0n) is 9.05. The number of fused-ring (bicyclic) bond motifs is 1. The summed E-state index contributed by atoms with van der Waals surface area (Å²) in [7, 11) is -3.25. The summed E-state index contributed by atoms with van der Waals surface area (Å²) >= 11 is 0. The lowest BCUT2D eigenvalue weighted by atomic mass is 10.1. The highest BCUT2D eigenvalue weighted by atomic mass is 32.2. The average molecular weight is 238 g/mol. The molecule has 0 aliphatic carbocycles. The van der Waals surface area contributed by atoms with Crippen molar-refractivity contribution in [2.24, 2.45) is 5.73 Å². The summed E-state index contributed by atoms with van der Waals surface area (Å²) in [6.07, 6.45) is 3.54. The van der Waals surface area contributed by atoms with E-state index < -0.39 is 10.0 Å². The number of aromatic nitrogens is 1. The maximum Gasteiger partial charge on any atom is 0.236 e. The van der Waals surface area contributed by atoms with Crippen molar-refractivity contribution in [3.63, 3.8) is 0 Å². The van der Waals surface area contributed by atoms with Gasteiger partial charge in [-0.2, -0.15) is 0 Å². The summed E-state index contributed by atoms with van der Waals surface area (Å²) in [5.74, 6) is 0. The first-order valence-corrected chi connectivity index (χ1v) is 6.88. The van der Waals surface area contributed by atoms with Crippen LogP contribution in [0.1, 0.15) is 5.56 Å². The monoisotopic (exact) mass is 238 g/mol. The van der Waals surface area contributed by atoms with Crippen LogP contribution in [0.5, 0.6) is 0 Å². The molecule has 0 fully saturated rings. The molecular formula is C11H14N2O2S. The Balaban J connectivity index is 2.77. The van der Waals surface area contributed by atoms with E-state index in [0.29, 0.717) is 18.5 Å². The quantitative estimate of drug-likeness (QED) is 0.865. The van der Waals surface area contributed by atoms with Gasteiger partial charge >= 0.3 is 0 Å². The van der Waals surface area contributed by atoms with Crippen LogP contribution in [-0.4, -0.2) is 25.2 Å². The van der Waals surface area contributed by atoms with E-state index in [-0.39, 0.29) is 0 Å². The molecule has 0 unspecified atom stereocenters. The van der Waals surface area contributed by atoms with Crippen LogP contribution in [0.15, 0.2) is 30.5 Å². The lowest BCUT2D eigenvalue weighted by Crippen LogP contribution is -2.08. The van der Waals surface area contributed by atoms with Gasteiger partial charge in [-0.05, 0) is 24.6 Å². The Kier molecular flexibility index (Phi) is 2.73. The number of para-hydroxylation sites is 1. The van der Waals surface area contributed by atoms with E-state index in [1.807, 2.05) is 18.2 Å². The molecule has 5 heteroatoms. The minimum atomic E-state index is -3.25. The van der Waals surface area contributed by atoms with E-state index in [4.69, 9.17) is 5.73 Å². The number of rotatable bonds is 3. The first kappa shape index (κ1) is 11.2. The van der Waals surface area contributed by atoms with Crippen molar-refractivity contribution in [2.75, 3.05) is 12.8 Å². The van der Waals surface area contributed by atoms with Gasteiger partial charge < -0.3 is 5.73 Å². The number of hydrogen-bond donors (Lipinski definition) is 1. The second-order valence-electron chi connectivity index (χ2n) is 3.77. The molecule has 1 aromatic carbocycles. The van der Waals surface area contributed by atoms with E-state index >= 15 is 0 Å². The molecule has 4 nitrogen and oxygen atoms in total. The van der Waals surface area contributed by atoms with Crippen LogP contribution in [0.25, 0.3) is 10.9 Å². The Labute approximate surface area is 94.7 Å². The van der Waals surface area contributed by atoms with Gasteiger partial charge in [0.15, 0.2) is 0 Å². The molecule has 1 aromatic heterocycles. The third kappa shape index (κ3) is 1.83. The Bertz CT molecular complexity index is 614. The Morgan fingerprint density at radius 1 is 1.31 bits per heavy atom. The van der Waals surface area contributed by atoms with Crippen molar-refractivity contribution in [3.8, 4) is 0 Å². The van der Waals surface area contributed by atoms with Gasteiger partial charge in [-0.15, -0.1) is 0 Å². The highest BCUT2D eigenvalue weighted by Crippen LogP contribution is 2.22. The fourth-order valence-electron chi connectivity index (χ4n) is 1.85. The summed E-state index contributed by atoms with van der Waals surface area (Å²) in [5, 5.41) is 0.957. The van der Waals surface area contributed by atoms with Crippen LogP contribution < -0.4 is 5.73 Å². The summed E-state index contributed by atoms with van der Waals surface area (Å²) in [5.41, 5.74) is 7.20. The summed E-state index contributed by atoms with van der Waals surface area (Å²) in [6.45, 7) is 0.512. The third-order valence-corrected chi connectivity index (χ3v) is 3.55. The minimum absolute atomic E-state index is 0.512. The largest absolute Gasteiger partial charge is 0.330 e. The van der Waals surface area contributed by atoms with Crippen LogP contribution >= 0.6 is 0 Å². The molecule has 2 aromatic rings. The van der Waals surface area contributed by atoms with Crippen molar-refractivity contribution in [2.45, 2.75) is 6.42 Å². The summed E-state index contributed by atoms with van der Waals surface area (Å²) in [6, 6.07) is 7.45. The molecular weight excluding hydrogens is 224 g/mol. The molecule has 0 aliphatic rings. The average Bonchev–Trinajstić information content (AvgIpc) is 2.58. The van der Waals surface area contributed by atoms with Gasteiger partial charge in [0.05, 0.1) is 11.8 Å². The van der Waals surface area contributed by atoms with Gasteiger partial charge in [0.25, 0.3) is 0 Å². The molecule has 0 saturated carbocycles. The van der Waals surface area contributed by atoms with Gasteiger partial charge in [-0.1, -0.05) is 18.2 Å². The van der Waals surface area contributed by atoms with Crippen molar-refractivity contribution >= 4 is 20.9 Å². The number of benzene rings is 1. The molecule has 0 atom stereocenters. The topological polar surface area (TPSA) is 65.1 Å². The highest BCUT2D eigenvalue weighted by molar-refractivity contribution is 7.89. The first-order chi connectivity index (χ1) is 7.54. The summed E-state index contributed by atoms with van der Waals surface area (Å²) < 4.78 is 24.5. The fraction of sp³-hybridized carbons (Fsp3) is 0.273. The van der Waals surface area contributed by atoms with Gasteiger partial charge in [0.2, 0.25) is 10.0 Å². The number of nitrogens with two attached hydrogens (primary N) is 1. The molecule has 0 radical (unpaired) electrons. The number of hydrogen-bond acceptors (Lipinski definition) is 3. The Hall–Kier alpha value is -1.33. The van der Waals surface area contributed by atoms with Crippen molar-refractivity contribution in [3.05, 3.63) is 36.0 Å². The van der Waals surface area contributed by atoms with Crippen molar-refractivity contribution in [1.82, 2.24) is 3.97 Å². The molecule has 2 N–H and O–H groups in total. The molecule has 0 bridgehead atoms. The molecule has 1 heterocycles. The first-order valence-electron chi connectivity index (χ1n) is 5.03. The van der Waals surface area contributed by atoms with Crippen molar-refractivity contribution in [1.29, 1.82) is 0 Å². The van der Waals surface area contributed by atoms with Gasteiger partial charge in [-0.25, -0.2) is 12.4 Å². The van der Waals surface area contributed by atoms with E-state index in [0.717, 1.165) is 10.9 Å². The Morgan fingerprint density at radius 3 is 2.62 bits per heavy atom. The van der Waals surface area contributed by atoms with E-state index in [2.05, 4.69) is 0 Å². The van der Waals surface area contributed by atoms with Gasteiger partial charge in [0, 0.05) is 11.6 Å². The minimum Gasteiger partial charge on any atom is -0.330 e. The molecule has 16 heavy (non-hydrogen) atoms. The van der Waals surface area contributed by atoms with Gasteiger partial charge in [0.1, 0.15) is 0 Å². The Morgan fingerprint density at radius 2 is 2.00 bits per heavy atom. The van der Waals surface area contributed by atoms with Crippen LogP contribution in [-0.2, 0) is 16.4 Å².